The minimum absolute atomic E-state index is 0.000988. The molecule has 3 rings (SSSR count). The van der Waals surface area contributed by atoms with Gasteiger partial charge < -0.3 is 4.98 Å². The molecule has 0 saturated carbocycles. The first-order valence-electron chi connectivity index (χ1n) is 7.07. The quantitative estimate of drug-likeness (QED) is 0.773. The predicted molar refractivity (Wildman–Crippen MR) is 88.2 cm³/mol. The minimum Gasteiger partial charge on any atom is -0.359 e. The SMILES string of the molecule is Cc1cc2cc(CNS(=O)(=O)c3ccccc3C#N)ccc2[nH]1. The molecule has 0 unspecified atom stereocenters. The number of aromatic amines is 1. The Labute approximate surface area is 134 Å². The van der Waals surface area contributed by atoms with Crippen molar-refractivity contribution in [3.63, 3.8) is 0 Å². The summed E-state index contributed by atoms with van der Waals surface area (Å²) in [5.74, 6) is 0. The Balaban J connectivity index is 1.84. The average Bonchev–Trinajstić information content (AvgIpc) is 2.92. The Bertz CT molecular complexity index is 1010. The van der Waals surface area contributed by atoms with Gasteiger partial charge in [0.25, 0.3) is 0 Å². The molecular weight excluding hydrogens is 310 g/mol. The second-order valence-electron chi connectivity index (χ2n) is 5.31. The molecule has 0 bridgehead atoms. The first kappa shape index (κ1) is 15.3. The van der Waals surface area contributed by atoms with E-state index in [0.29, 0.717) is 0 Å². The molecular formula is C17H15N3O2S. The van der Waals surface area contributed by atoms with E-state index in [0.717, 1.165) is 22.2 Å². The summed E-state index contributed by atoms with van der Waals surface area (Å²) < 4.78 is 27.3. The highest BCUT2D eigenvalue weighted by Crippen LogP contribution is 2.18. The van der Waals surface area contributed by atoms with Crippen molar-refractivity contribution in [1.82, 2.24) is 9.71 Å². The fourth-order valence-electron chi connectivity index (χ4n) is 2.49. The van der Waals surface area contributed by atoms with Gasteiger partial charge in [0.1, 0.15) is 6.07 Å². The van der Waals surface area contributed by atoms with Crippen molar-refractivity contribution in [2.75, 3.05) is 0 Å². The zero-order valence-corrected chi connectivity index (χ0v) is 13.3. The Kier molecular flexibility index (Phi) is 3.90. The summed E-state index contributed by atoms with van der Waals surface area (Å²) in [6, 6.07) is 15.8. The third kappa shape index (κ3) is 3.11. The first-order chi connectivity index (χ1) is 11.0. The fraction of sp³-hybridized carbons (Fsp3) is 0.118. The molecule has 116 valence electrons. The number of fused-ring (bicyclic) bond motifs is 1. The largest absolute Gasteiger partial charge is 0.359 e. The van der Waals surface area contributed by atoms with Crippen molar-refractivity contribution in [2.45, 2.75) is 18.4 Å². The molecule has 2 N–H and O–H groups in total. The lowest BCUT2D eigenvalue weighted by atomic mass is 10.1. The van der Waals surface area contributed by atoms with Crippen LogP contribution in [0.15, 0.2) is 53.4 Å². The molecule has 1 aromatic heterocycles. The van der Waals surface area contributed by atoms with Gasteiger partial charge in [0.15, 0.2) is 0 Å². The zero-order chi connectivity index (χ0) is 16.4. The average molecular weight is 325 g/mol. The molecule has 5 nitrogen and oxygen atoms in total. The molecule has 23 heavy (non-hydrogen) atoms. The van der Waals surface area contributed by atoms with Crippen LogP contribution in [0.5, 0.6) is 0 Å². The van der Waals surface area contributed by atoms with Crippen LogP contribution in [0.2, 0.25) is 0 Å². The lowest BCUT2D eigenvalue weighted by Gasteiger charge is -2.08. The molecule has 0 spiro atoms. The molecule has 0 radical (unpaired) electrons. The zero-order valence-electron chi connectivity index (χ0n) is 12.5. The number of hydrogen-bond donors (Lipinski definition) is 2. The standard InChI is InChI=1S/C17H15N3O2S/c1-12-8-15-9-13(6-7-16(15)20-12)11-19-23(21,22)17-5-3-2-4-14(17)10-18/h2-9,19-20H,11H2,1H3. The fourth-order valence-corrected chi connectivity index (χ4v) is 3.66. The third-order valence-corrected chi connectivity index (χ3v) is 5.04. The topological polar surface area (TPSA) is 85.8 Å². The van der Waals surface area contributed by atoms with Crippen molar-refractivity contribution < 1.29 is 8.42 Å². The number of nitriles is 1. The molecule has 6 heteroatoms. The predicted octanol–water partition coefficient (Wildman–Crippen LogP) is 2.83. The van der Waals surface area contributed by atoms with Crippen LogP contribution in [-0.4, -0.2) is 13.4 Å². The molecule has 1 heterocycles. The van der Waals surface area contributed by atoms with Gasteiger partial charge in [-0.15, -0.1) is 0 Å². The Morgan fingerprint density at radius 3 is 2.74 bits per heavy atom. The summed E-state index contributed by atoms with van der Waals surface area (Å²) >= 11 is 0. The number of rotatable bonds is 4. The highest BCUT2D eigenvalue weighted by Gasteiger charge is 2.17. The van der Waals surface area contributed by atoms with E-state index in [2.05, 4.69) is 9.71 Å². The van der Waals surface area contributed by atoms with Gasteiger partial charge in [-0.3, -0.25) is 0 Å². The monoisotopic (exact) mass is 325 g/mol. The second kappa shape index (κ2) is 5.88. The first-order valence-corrected chi connectivity index (χ1v) is 8.55. The molecule has 3 aromatic rings. The maximum absolute atomic E-state index is 12.4. The lowest BCUT2D eigenvalue weighted by molar-refractivity contribution is 0.581. The van der Waals surface area contributed by atoms with E-state index in [1.54, 1.807) is 12.1 Å². The van der Waals surface area contributed by atoms with E-state index >= 15 is 0 Å². The Hall–Kier alpha value is -2.62. The minimum atomic E-state index is -3.73. The smallest absolute Gasteiger partial charge is 0.242 e. The number of sulfonamides is 1. The summed E-state index contributed by atoms with van der Waals surface area (Å²) in [6.07, 6.45) is 0. The van der Waals surface area contributed by atoms with Crippen molar-refractivity contribution in [3.05, 3.63) is 65.4 Å². The van der Waals surface area contributed by atoms with Crippen LogP contribution in [0.3, 0.4) is 0 Å². The van der Waals surface area contributed by atoms with E-state index in [4.69, 9.17) is 5.26 Å². The van der Waals surface area contributed by atoms with Gasteiger partial charge in [-0.25, -0.2) is 13.1 Å². The number of aromatic nitrogens is 1. The van der Waals surface area contributed by atoms with E-state index < -0.39 is 10.0 Å². The van der Waals surface area contributed by atoms with Gasteiger partial charge in [0.2, 0.25) is 10.0 Å². The lowest BCUT2D eigenvalue weighted by Crippen LogP contribution is -2.24. The Morgan fingerprint density at radius 2 is 1.96 bits per heavy atom. The highest BCUT2D eigenvalue weighted by atomic mass is 32.2. The maximum atomic E-state index is 12.4. The van der Waals surface area contributed by atoms with Gasteiger partial charge in [-0.1, -0.05) is 18.2 Å². The number of nitrogens with one attached hydrogen (secondary N) is 2. The van der Waals surface area contributed by atoms with Crippen molar-refractivity contribution in [2.24, 2.45) is 0 Å². The van der Waals surface area contributed by atoms with Crippen LogP contribution in [-0.2, 0) is 16.6 Å². The van der Waals surface area contributed by atoms with Crippen molar-refractivity contribution in [1.29, 1.82) is 5.26 Å². The molecule has 0 fully saturated rings. The highest BCUT2D eigenvalue weighted by molar-refractivity contribution is 7.89. The Morgan fingerprint density at radius 1 is 1.17 bits per heavy atom. The van der Waals surface area contributed by atoms with Crippen LogP contribution in [0.4, 0.5) is 0 Å². The summed E-state index contributed by atoms with van der Waals surface area (Å²) in [7, 11) is -3.73. The second-order valence-corrected chi connectivity index (χ2v) is 7.04. The van der Waals surface area contributed by atoms with Crippen LogP contribution in [0.25, 0.3) is 10.9 Å². The molecule has 0 atom stereocenters. The summed E-state index contributed by atoms with van der Waals surface area (Å²) in [6.45, 7) is 2.14. The van der Waals surface area contributed by atoms with E-state index in [1.165, 1.54) is 12.1 Å². The van der Waals surface area contributed by atoms with Gasteiger partial charge in [0, 0.05) is 17.8 Å². The van der Waals surface area contributed by atoms with Gasteiger partial charge >= 0.3 is 0 Å². The van der Waals surface area contributed by atoms with Gasteiger partial charge in [0.05, 0.1) is 10.5 Å². The summed E-state index contributed by atoms with van der Waals surface area (Å²) in [4.78, 5) is 3.23. The van der Waals surface area contributed by atoms with Gasteiger partial charge in [-0.05, 0) is 48.2 Å². The molecule has 0 amide bonds. The summed E-state index contributed by atoms with van der Waals surface area (Å²) in [5, 5.41) is 10.1. The molecule has 0 aliphatic heterocycles. The maximum Gasteiger partial charge on any atom is 0.242 e. The van der Waals surface area contributed by atoms with Crippen LogP contribution < -0.4 is 4.72 Å². The van der Waals surface area contributed by atoms with E-state index in [-0.39, 0.29) is 17.0 Å². The van der Waals surface area contributed by atoms with Crippen LogP contribution >= 0.6 is 0 Å². The third-order valence-electron chi connectivity index (χ3n) is 3.58. The van der Waals surface area contributed by atoms with E-state index in [9.17, 15) is 8.42 Å². The number of H-pyrrole nitrogens is 1. The number of hydrogen-bond acceptors (Lipinski definition) is 3. The normalized spacial score (nSPS) is 11.5. The number of nitrogens with zero attached hydrogens (tertiary/aromatic N) is 1. The molecule has 0 aliphatic carbocycles. The van der Waals surface area contributed by atoms with Crippen molar-refractivity contribution >= 4 is 20.9 Å². The number of benzene rings is 2. The van der Waals surface area contributed by atoms with Crippen LogP contribution in [0, 0.1) is 18.3 Å². The van der Waals surface area contributed by atoms with Crippen LogP contribution in [0.1, 0.15) is 16.8 Å². The molecule has 2 aromatic carbocycles. The van der Waals surface area contributed by atoms with E-state index in [1.807, 2.05) is 37.3 Å². The van der Waals surface area contributed by atoms with Gasteiger partial charge in [-0.2, -0.15) is 5.26 Å². The van der Waals surface area contributed by atoms with Crippen molar-refractivity contribution in [3.8, 4) is 6.07 Å². The molecule has 0 saturated heterocycles. The summed E-state index contributed by atoms with van der Waals surface area (Å²) in [5.41, 5.74) is 3.07. The molecule has 0 aliphatic rings. The number of aryl methyl sites for hydroxylation is 1.